The highest BCUT2D eigenvalue weighted by Crippen LogP contribution is 2.20. The van der Waals surface area contributed by atoms with E-state index >= 15 is 0 Å². The van der Waals surface area contributed by atoms with Crippen LogP contribution in [0.1, 0.15) is 26.3 Å². The lowest BCUT2D eigenvalue weighted by molar-refractivity contribution is 0.0523. The van der Waals surface area contributed by atoms with E-state index in [1.807, 2.05) is 32.9 Å². The van der Waals surface area contributed by atoms with Gasteiger partial charge in [-0.1, -0.05) is 6.07 Å². The van der Waals surface area contributed by atoms with Crippen LogP contribution in [-0.4, -0.2) is 11.7 Å². The molecule has 0 heterocycles. The molecule has 0 saturated carbocycles. The number of ether oxygens (including phenoxy) is 1. The van der Waals surface area contributed by atoms with Gasteiger partial charge in [0.25, 0.3) is 0 Å². The van der Waals surface area contributed by atoms with Crippen molar-refractivity contribution in [2.45, 2.75) is 32.9 Å². The first-order chi connectivity index (χ1) is 7.78. The Morgan fingerprint density at radius 2 is 2.12 bits per heavy atom. The van der Waals surface area contributed by atoms with Crippen LogP contribution in [0.15, 0.2) is 22.7 Å². The number of nitrogen functional groups attached to an aromatic ring is 1. The average molecular weight is 301 g/mol. The number of rotatable bonds is 2. The van der Waals surface area contributed by atoms with Crippen LogP contribution in [-0.2, 0) is 11.3 Å². The summed E-state index contributed by atoms with van der Waals surface area (Å²) in [5.41, 5.74) is 6.82. The van der Waals surface area contributed by atoms with Gasteiger partial charge in [0.05, 0.1) is 0 Å². The Bertz CT molecular complexity index is 413. The summed E-state index contributed by atoms with van der Waals surface area (Å²) in [6.07, 6.45) is -0.426. The van der Waals surface area contributed by atoms with Gasteiger partial charge in [0, 0.05) is 16.7 Å². The topological polar surface area (TPSA) is 64.3 Å². The number of carbonyl (C=O) groups excluding carboxylic acids is 1. The van der Waals surface area contributed by atoms with E-state index in [-0.39, 0.29) is 0 Å². The van der Waals surface area contributed by atoms with E-state index in [2.05, 4.69) is 21.2 Å². The zero-order chi connectivity index (χ0) is 13.1. The predicted molar refractivity (Wildman–Crippen MR) is 71.6 cm³/mol. The van der Waals surface area contributed by atoms with E-state index in [9.17, 15) is 4.79 Å². The van der Waals surface area contributed by atoms with E-state index in [1.165, 1.54) is 0 Å². The number of alkyl carbamates (subject to hydrolysis) is 1. The minimum atomic E-state index is -0.480. The molecule has 3 N–H and O–H groups in total. The number of nitrogens with two attached hydrogens (primary N) is 1. The van der Waals surface area contributed by atoms with Crippen molar-refractivity contribution in [2.24, 2.45) is 0 Å². The summed E-state index contributed by atoms with van der Waals surface area (Å²) in [6, 6.07) is 5.51. The fourth-order valence-corrected chi connectivity index (χ4v) is 1.60. The third kappa shape index (κ3) is 5.08. The molecule has 0 radical (unpaired) electrons. The number of anilines is 1. The summed E-state index contributed by atoms with van der Waals surface area (Å²) < 4.78 is 5.95. The van der Waals surface area contributed by atoms with Crippen LogP contribution < -0.4 is 11.1 Å². The maximum atomic E-state index is 11.4. The second-order valence-electron chi connectivity index (χ2n) is 4.71. The number of amides is 1. The molecule has 0 saturated heterocycles. The molecule has 1 amide bonds. The van der Waals surface area contributed by atoms with Gasteiger partial charge in [0.15, 0.2) is 0 Å². The van der Waals surface area contributed by atoms with Crippen LogP contribution in [0.3, 0.4) is 0 Å². The Labute approximate surface area is 110 Å². The third-order valence-electron chi connectivity index (χ3n) is 1.90. The van der Waals surface area contributed by atoms with Crippen molar-refractivity contribution in [3.8, 4) is 0 Å². The zero-order valence-electron chi connectivity index (χ0n) is 10.2. The molecule has 0 fully saturated rings. The number of nitrogens with one attached hydrogen (secondary N) is 1. The molecule has 0 spiro atoms. The third-order valence-corrected chi connectivity index (χ3v) is 2.59. The molecule has 1 rings (SSSR count). The van der Waals surface area contributed by atoms with Crippen LogP contribution in [0.4, 0.5) is 10.5 Å². The smallest absolute Gasteiger partial charge is 0.407 e. The van der Waals surface area contributed by atoms with Crippen LogP contribution >= 0.6 is 15.9 Å². The lowest BCUT2D eigenvalue weighted by Crippen LogP contribution is -2.32. The minimum Gasteiger partial charge on any atom is -0.444 e. The van der Waals surface area contributed by atoms with Gasteiger partial charge in [0.2, 0.25) is 0 Å². The first kappa shape index (κ1) is 13.8. The molecule has 0 aliphatic heterocycles. The molecule has 0 aliphatic carbocycles. The molecular formula is C12H17BrN2O2. The highest BCUT2D eigenvalue weighted by Gasteiger charge is 2.15. The molecule has 0 unspecified atom stereocenters. The Morgan fingerprint density at radius 3 is 2.65 bits per heavy atom. The van der Waals surface area contributed by atoms with E-state index in [0.29, 0.717) is 12.2 Å². The van der Waals surface area contributed by atoms with Crippen molar-refractivity contribution in [3.63, 3.8) is 0 Å². The van der Waals surface area contributed by atoms with E-state index < -0.39 is 11.7 Å². The number of benzene rings is 1. The lowest BCUT2D eigenvalue weighted by Gasteiger charge is -2.19. The SMILES string of the molecule is CC(C)(C)OC(=O)NCc1ccc(N)c(Br)c1. The fourth-order valence-electron chi connectivity index (χ4n) is 1.17. The van der Waals surface area contributed by atoms with Gasteiger partial charge < -0.3 is 15.8 Å². The van der Waals surface area contributed by atoms with Crippen molar-refractivity contribution in [1.29, 1.82) is 0 Å². The largest absolute Gasteiger partial charge is 0.444 e. The molecule has 0 bridgehead atoms. The maximum Gasteiger partial charge on any atom is 0.407 e. The molecule has 1 aromatic carbocycles. The molecule has 0 aromatic heterocycles. The van der Waals surface area contributed by atoms with Gasteiger partial charge in [-0.3, -0.25) is 0 Å². The van der Waals surface area contributed by atoms with Crippen molar-refractivity contribution < 1.29 is 9.53 Å². The highest BCUT2D eigenvalue weighted by molar-refractivity contribution is 9.10. The number of halogens is 1. The van der Waals surface area contributed by atoms with Gasteiger partial charge >= 0.3 is 6.09 Å². The fraction of sp³-hybridized carbons (Fsp3) is 0.417. The molecule has 4 nitrogen and oxygen atoms in total. The molecule has 5 heteroatoms. The Morgan fingerprint density at radius 1 is 1.47 bits per heavy atom. The van der Waals surface area contributed by atoms with Crippen molar-refractivity contribution in [3.05, 3.63) is 28.2 Å². The van der Waals surface area contributed by atoms with E-state index in [1.54, 1.807) is 6.07 Å². The second kappa shape index (κ2) is 5.40. The van der Waals surface area contributed by atoms with E-state index in [0.717, 1.165) is 10.0 Å². The summed E-state index contributed by atoms with van der Waals surface area (Å²) in [4.78, 5) is 11.4. The van der Waals surface area contributed by atoms with Crippen LogP contribution in [0.5, 0.6) is 0 Å². The van der Waals surface area contributed by atoms with Gasteiger partial charge in [-0.15, -0.1) is 0 Å². The molecule has 1 aromatic rings. The molecule has 17 heavy (non-hydrogen) atoms. The number of hydrogen-bond acceptors (Lipinski definition) is 3. The lowest BCUT2D eigenvalue weighted by atomic mass is 10.2. The predicted octanol–water partition coefficient (Wildman–Crippen LogP) is 3.06. The maximum absolute atomic E-state index is 11.4. The molecular weight excluding hydrogens is 284 g/mol. The first-order valence-electron chi connectivity index (χ1n) is 5.29. The quantitative estimate of drug-likeness (QED) is 0.825. The van der Waals surface area contributed by atoms with Crippen LogP contribution in [0.2, 0.25) is 0 Å². The molecule has 0 aliphatic rings. The van der Waals surface area contributed by atoms with Gasteiger partial charge in [0.1, 0.15) is 5.60 Å². The Kier molecular flexibility index (Phi) is 4.40. The second-order valence-corrected chi connectivity index (χ2v) is 5.57. The monoisotopic (exact) mass is 300 g/mol. The van der Waals surface area contributed by atoms with Crippen LogP contribution in [0.25, 0.3) is 0 Å². The summed E-state index contributed by atoms with van der Waals surface area (Å²) in [5.74, 6) is 0. The number of carbonyl (C=O) groups is 1. The van der Waals surface area contributed by atoms with Crippen molar-refractivity contribution >= 4 is 27.7 Å². The standard InChI is InChI=1S/C12H17BrN2O2/c1-12(2,3)17-11(16)15-7-8-4-5-10(14)9(13)6-8/h4-6H,7,14H2,1-3H3,(H,15,16). The van der Waals surface area contributed by atoms with Crippen molar-refractivity contribution in [1.82, 2.24) is 5.32 Å². The summed E-state index contributed by atoms with van der Waals surface area (Å²) in [5, 5.41) is 2.68. The van der Waals surface area contributed by atoms with E-state index in [4.69, 9.17) is 10.5 Å². The van der Waals surface area contributed by atoms with Gasteiger partial charge in [-0.25, -0.2) is 4.79 Å². The average Bonchev–Trinajstić information content (AvgIpc) is 2.17. The number of hydrogen-bond donors (Lipinski definition) is 2. The normalized spacial score (nSPS) is 11.1. The Hall–Kier alpha value is -1.23. The minimum absolute atomic E-state index is 0.411. The molecule has 0 atom stereocenters. The summed E-state index contributed by atoms with van der Waals surface area (Å²) in [6.45, 7) is 5.89. The van der Waals surface area contributed by atoms with Crippen LogP contribution in [0, 0.1) is 0 Å². The van der Waals surface area contributed by atoms with Gasteiger partial charge in [-0.2, -0.15) is 0 Å². The zero-order valence-corrected chi connectivity index (χ0v) is 11.8. The Balaban J connectivity index is 2.50. The van der Waals surface area contributed by atoms with Gasteiger partial charge in [-0.05, 0) is 54.4 Å². The highest BCUT2D eigenvalue weighted by atomic mass is 79.9. The molecule has 94 valence electrons. The summed E-state index contributed by atoms with van der Waals surface area (Å²) in [7, 11) is 0. The first-order valence-corrected chi connectivity index (χ1v) is 6.08. The summed E-state index contributed by atoms with van der Waals surface area (Å²) >= 11 is 3.33. The van der Waals surface area contributed by atoms with Crippen molar-refractivity contribution in [2.75, 3.05) is 5.73 Å².